The molecule has 0 saturated heterocycles. The average Bonchev–Trinajstić information content (AvgIpc) is 2.55. The first-order valence-corrected chi connectivity index (χ1v) is 8.27. The Morgan fingerprint density at radius 1 is 1.19 bits per heavy atom. The molecule has 0 aliphatic carbocycles. The molecule has 2 N–H and O–H groups in total. The van der Waals surface area contributed by atoms with Crippen molar-refractivity contribution in [2.45, 2.75) is 40.0 Å². The molecule has 1 aromatic carbocycles. The smallest absolute Gasteiger partial charge is 0.220 e. The van der Waals surface area contributed by atoms with E-state index in [1.54, 1.807) is 18.3 Å². The number of nitrogens with one attached hydrogen (secondary N) is 2. The van der Waals surface area contributed by atoms with Gasteiger partial charge in [0.1, 0.15) is 0 Å². The molecule has 0 aliphatic heterocycles. The zero-order chi connectivity index (χ0) is 19.5. The fourth-order valence-corrected chi connectivity index (χ4v) is 2.58. The Kier molecular flexibility index (Phi) is 5.55. The highest BCUT2D eigenvalue weighted by Gasteiger charge is 2.23. The Bertz CT molecular complexity index is 836. The van der Waals surface area contributed by atoms with E-state index in [4.69, 9.17) is 15.6 Å². The second-order valence-corrected chi connectivity index (χ2v) is 7.10. The van der Waals surface area contributed by atoms with E-state index in [-0.39, 0.29) is 17.2 Å². The molecule has 0 unspecified atom stereocenters. The predicted molar refractivity (Wildman–Crippen MR) is 104 cm³/mol. The van der Waals surface area contributed by atoms with Gasteiger partial charge in [-0.05, 0) is 42.2 Å². The Hall–Kier alpha value is -3.02. The van der Waals surface area contributed by atoms with Crippen molar-refractivity contribution < 1.29 is 9.53 Å². The lowest BCUT2D eigenvalue weighted by molar-refractivity contribution is -0.106. The van der Waals surface area contributed by atoms with Crippen molar-refractivity contribution in [1.29, 1.82) is 10.8 Å². The Labute approximate surface area is 153 Å². The van der Waals surface area contributed by atoms with Crippen molar-refractivity contribution in [1.82, 2.24) is 4.98 Å². The largest absolute Gasteiger partial charge is 0.426 e. The number of aromatic nitrogens is 1. The maximum atomic E-state index is 11.9. The minimum atomic E-state index is -0.215. The van der Waals surface area contributed by atoms with Crippen LogP contribution in [0.25, 0.3) is 0 Å². The van der Waals surface area contributed by atoms with E-state index in [1.165, 1.54) is 11.8 Å². The standard InChI is InChI=1S/C20H24N4O2/c1-13-6-8-16(11-23-13)24(12-25)18-10-15(19(22)26-14(2)21)7-9-17(18)20(3,4)5/h6-12,21-22H,1-5H3. The number of ether oxygens (including phenoxy) is 1. The van der Waals surface area contributed by atoms with Gasteiger partial charge in [0.05, 0.1) is 17.6 Å². The molecule has 0 bridgehead atoms. The molecule has 6 heteroatoms. The first kappa shape index (κ1) is 19.3. The van der Waals surface area contributed by atoms with E-state index < -0.39 is 0 Å². The molecule has 1 amide bonds. The molecular formula is C20H24N4O2. The summed E-state index contributed by atoms with van der Waals surface area (Å²) in [4.78, 5) is 17.7. The molecule has 1 heterocycles. The summed E-state index contributed by atoms with van der Waals surface area (Å²) in [6.07, 6.45) is 2.39. The van der Waals surface area contributed by atoms with Gasteiger partial charge in [0.2, 0.25) is 12.3 Å². The van der Waals surface area contributed by atoms with Crippen molar-refractivity contribution in [2.24, 2.45) is 0 Å². The van der Waals surface area contributed by atoms with Gasteiger partial charge in [-0.2, -0.15) is 0 Å². The fraction of sp³-hybridized carbons (Fsp3) is 0.300. The van der Waals surface area contributed by atoms with Crippen LogP contribution in [0.1, 0.15) is 44.5 Å². The van der Waals surface area contributed by atoms with Crippen LogP contribution < -0.4 is 4.90 Å². The second-order valence-electron chi connectivity index (χ2n) is 7.10. The summed E-state index contributed by atoms with van der Waals surface area (Å²) in [7, 11) is 0. The van der Waals surface area contributed by atoms with Gasteiger partial charge >= 0.3 is 0 Å². The van der Waals surface area contributed by atoms with Crippen LogP contribution in [0.3, 0.4) is 0 Å². The van der Waals surface area contributed by atoms with E-state index in [0.717, 1.165) is 17.7 Å². The molecule has 136 valence electrons. The van der Waals surface area contributed by atoms with Crippen LogP contribution in [0.4, 0.5) is 11.4 Å². The van der Waals surface area contributed by atoms with E-state index >= 15 is 0 Å². The molecule has 6 nitrogen and oxygen atoms in total. The van der Waals surface area contributed by atoms with Crippen molar-refractivity contribution in [3.63, 3.8) is 0 Å². The number of aryl methyl sites for hydroxylation is 1. The van der Waals surface area contributed by atoms with Crippen LogP contribution in [0.5, 0.6) is 0 Å². The topological polar surface area (TPSA) is 90.1 Å². The van der Waals surface area contributed by atoms with Crippen LogP contribution in [0.2, 0.25) is 0 Å². The monoisotopic (exact) mass is 352 g/mol. The number of carbonyl (C=O) groups is 1. The molecule has 0 saturated carbocycles. The molecule has 2 aromatic rings. The van der Waals surface area contributed by atoms with Crippen LogP contribution in [0, 0.1) is 17.7 Å². The summed E-state index contributed by atoms with van der Waals surface area (Å²) in [5, 5.41) is 15.4. The average molecular weight is 352 g/mol. The quantitative estimate of drug-likeness (QED) is 0.488. The highest BCUT2D eigenvalue weighted by Crippen LogP contribution is 2.35. The molecule has 0 radical (unpaired) electrons. The summed E-state index contributed by atoms with van der Waals surface area (Å²) < 4.78 is 5.10. The number of rotatable bonds is 4. The number of hydrogen-bond acceptors (Lipinski definition) is 5. The lowest BCUT2D eigenvalue weighted by Crippen LogP contribution is -2.22. The highest BCUT2D eigenvalue weighted by atomic mass is 16.5. The van der Waals surface area contributed by atoms with Crippen LogP contribution in [-0.2, 0) is 14.9 Å². The van der Waals surface area contributed by atoms with Gasteiger partial charge in [-0.25, -0.2) is 0 Å². The number of nitrogens with zero attached hydrogens (tertiary/aromatic N) is 2. The Morgan fingerprint density at radius 2 is 1.88 bits per heavy atom. The maximum Gasteiger partial charge on any atom is 0.220 e. The van der Waals surface area contributed by atoms with Crippen LogP contribution in [-0.4, -0.2) is 23.2 Å². The molecule has 0 aliphatic rings. The minimum Gasteiger partial charge on any atom is -0.426 e. The third kappa shape index (κ3) is 4.33. The zero-order valence-corrected chi connectivity index (χ0v) is 15.8. The van der Waals surface area contributed by atoms with Crippen molar-refractivity contribution >= 4 is 29.6 Å². The van der Waals surface area contributed by atoms with Crippen LogP contribution >= 0.6 is 0 Å². The summed E-state index contributed by atoms with van der Waals surface area (Å²) in [5.41, 5.74) is 3.39. The van der Waals surface area contributed by atoms with Crippen molar-refractivity contribution in [3.8, 4) is 0 Å². The van der Waals surface area contributed by atoms with Gasteiger partial charge in [0.15, 0.2) is 5.90 Å². The van der Waals surface area contributed by atoms with Gasteiger partial charge < -0.3 is 4.74 Å². The molecule has 0 fully saturated rings. The van der Waals surface area contributed by atoms with E-state index in [1.807, 2.05) is 25.1 Å². The third-order valence-electron chi connectivity index (χ3n) is 3.86. The molecular weight excluding hydrogens is 328 g/mol. The first-order valence-electron chi connectivity index (χ1n) is 8.27. The summed E-state index contributed by atoms with van der Waals surface area (Å²) >= 11 is 0. The van der Waals surface area contributed by atoms with E-state index in [2.05, 4.69) is 25.8 Å². The number of anilines is 2. The minimum absolute atomic E-state index is 0.0635. The normalized spacial score (nSPS) is 11.0. The summed E-state index contributed by atoms with van der Waals surface area (Å²) in [6.45, 7) is 9.53. The fourth-order valence-electron chi connectivity index (χ4n) is 2.58. The Morgan fingerprint density at radius 3 is 2.38 bits per heavy atom. The molecule has 26 heavy (non-hydrogen) atoms. The maximum absolute atomic E-state index is 11.9. The van der Waals surface area contributed by atoms with Gasteiger partial charge in [-0.15, -0.1) is 0 Å². The lowest BCUT2D eigenvalue weighted by atomic mass is 9.84. The summed E-state index contributed by atoms with van der Waals surface area (Å²) in [5.74, 6) is -0.196. The van der Waals surface area contributed by atoms with Crippen molar-refractivity contribution in [3.05, 3.63) is 53.3 Å². The molecule has 0 atom stereocenters. The SMILES string of the molecule is CC(=N)OC(=N)c1ccc(C(C)(C)C)c(N(C=O)c2ccc(C)nc2)c1. The van der Waals surface area contributed by atoms with E-state index in [9.17, 15) is 4.79 Å². The third-order valence-corrected chi connectivity index (χ3v) is 3.86. The van der Waals surface area contributed by atoms with E-state index in [0.29, 0.717) is 16.9 Å². The first-order chi connectivity index (χ1) is 12.1. The molecule has 2 rings (SSSR count). The number of amides is 1. The van der Waals surface area contributed by atoms with Crippen molar-refractivity contribution in [2.75, 3.05) is 4.90 Å². The predicted octanol–water partition coefficient (Wildman–Crippen LogP) is 4.32. The highest BCUT2D eigenvalue weighted by molar-refractivity contribution is 6.00. The Balaban J connectivity index is 2.61. The van der Waals surface area contributed by atoms with Gasteiger partial charge in [0, 0.05) is 18.2 Å². The number of carbonyl (C=O) groups excluding carboxylic acids is 1. The molecule has 1 aromatic heterocycles. The lowest BCUT2D eigenvalue weighted by Gasteiger charge is -2.28. The number of pyridine rings is 1. The summed E-state index contributed by atoms with van der Waals surface area (Å²) in [6, 6.07) is 9.07. The molecule has 0 spiro atoms. The number of hydrogen-bond donors (Lipinski definition) is 2. The van der Waals surface area contributed by atoms with Gasteiger partial charge in [-0.3, -0.25) is 25.5 Å². The second kappa shape index (κ2) is 7.47. The van der Waals surface area contributed by atoms with Crippen LogP contribution in [0.15, 0.2) is 36.5 Å². The van der Waals surface area contributed by atoms with Gasteiger partial charge in [-0.1, -0.05) is 26.8 Å². The number of benzene rings is 1. The van der Waals surface area contributed by atoms with Gasteiger partial charge in [0.25, 0.3) is 0 Å². The zero-order valence-electron chi connectivity index (χ0n) is 15.8.